The Labute approximate surface area is 160 Å². The van der Waals surface area contributed by atoms with Crippen molar-refractivity contribution in [1.82, 2.24) is 10.2 Å². The third kappa shape index (κ3) is 6.57. The molecule has 146 valence electrons. The number of hydrogen-bond donors (Lipinski definition) is 2. The summed E-state index contributed by atoms with van der Waals surface area (Å²) in [6.07, 6.45) is 0. The van der Waals surface area contributed by atoms with Gasteiger partial charge in [0.15, 0.2) is 0 Å². The molecule has 2 aromatic carbocycles. The van der Waals surface area contributed by atoms with Crippen LogP contribution in [0.5, 0.6) is 5.75 Å². The molecule has 0 fully saturated rings. The third-order valence-electron chi connectivity index (χ3n) is 4.04. The van der Waals surface area contributed by atoms with Crippen molar-refractivity contribution in [2.45, 2.75) is 19.9 Å². The van der Waals surface area contributed by atoms with Gasteiger partial charge in [0, 0.05) is 6.54 Å². The van der Waals surface area contributed by atoms with E-state index in [9.17, 15) is 9.18 Å². The number of amides is 2. The second kappa shape index (κ2) is 9.92. The fourth-order valence-corrected chi connectivity index (χ4v) is 2.59. The number of anilines is 1. The van der Waals surface area contributed by atoms with Crippen molar-refractivity contribution in [2.24, 2.45) is 5.92 Å². The number of benzene rings is 2. The maximum Gasteiger partial charge on any atom is 0.319 e. The summed E-state index contributed by atoms with van der Waals surface area (Å²) < 4.78 is 18.9. The van der Waals surface area contributed by atoms with Gasteiger partial charge in [0.1, 0.15) is 11.6 Å². The van der Waals surface area contributed by atoms with Crippen LogP contribution in [0.25, 0.3) is 0 Å². The van der Waals surface area contributed by atoms with Gasteiger partial charge >= 0.3 is 6.03 Å². The van der Waals surface area contributed by atoms with E-state index in [4.69, 9.17) is 4.74 Å². The number of rotatable bonds is 8. The molecule has 0 bridgehead atoms. The van der Waals surface area contributed by atoms with E-state index in [0.29, 0.717) is 30.5 Å². The van der Waals surface area contributed by atoms with Gasteiger partial charge in [-0.05, 0) is 49.8 Å². The van der Waals surface area contributed by atoms with Crippen LogP contribution in [0.3, 0.4) is 0 Å². The average Bonchev–Trinajstić information content (AvgIpc) is 2.62. The molecule has 0 aliphatic heterocycles. The van der Waals surface area contributed by atoms with E-state index in [1.807, 2.05) is 37.2 Å². The number of likely N-dealkylation sites (N-methyl/N-ethyl adjacent to an activating group) is 1. The molecule has 0 radical (unpaired) electrons. The van der Waals surface area contributed by atoms with Gasteiger partial charge < -0.3 is 20.3 Å². The fraction of sp³-hybridized carbons (Fsp3) is 0.381. The minimum Gasteiger partial charge on any atom is -0.491 e. The van der Waals surface area contributed by atoms with Gasteiger partial charge in [0.2, 0.25) is 0 Å². The van der Waals surface area contributed by atoms with Crippen LogP contribution in [-0.4, -0.2) is 38.2 Å². The molecule has 1 atom stereocenters. The van der Waals surface area contributed by atoms with E-state index < -0.39 is 0 Å². The summed E-state index contributed by atoms with van der Waals surface area (Å²) in [5.41, 5.74) is 1.56. The van der Waals surface area contributed by atoms with Crippen LogP contribution in [0.2, 0.25) is 0 Å². The Morgan fingerprint density at radius 2 is 1.78 bits per heavy atom. The predicted octanol–water partition coefficient (Wildman–Crippen LogP) is 4.28. The monoisotopic (exact) mass is 373 g/mol. The number of carbonyl (C=O) groups is 1. The Bertz CT molecular complexity index is 732. The molecule has 2 aromatic rings. The molecule has 5 nitrogen and oxygen atoms in total. The molecule has 2 N–H and O–H groups in total. The average molecular weight is 373 g/mol. The minimum absolute atomic E-state index is 0.0659. The number of nitrogens with one attached hydrogen (secondary N) is 2. The Morgan fingerprint density at radius 1 is 1.11 bits per heavy atom. The predicted molar refractivity (Wildman–Crippen MR) is 107 cm³/mol. The van der Waals surface area contributed by atoms with Gasteiger partial charge in [-0.3, -0.25) is 0 Å². The first-order valence-corrected chi connectivity index (χ1v) is 9.05. The zero-order valence-corrected chi connectivity index (χ0v) is 16.3. The Morgan fingerprint density at radius 3 is 2.41 bits per heavy atom. The molecule has 2 rings (SSSR count). The number of para-hydroxylation sites is 2. The van der Waals surface area contributed by atoms with Crippen molar-refractivity contribution in [3.8, 4) is 5.75 Å². The first-order chi connectivity index (χ1) is 12.9. The molecule has 0 saturated heterocycles. The lowest BCUT2D eigenvalue weighted by molar-refractivity contribution is 0.242. The number of hydrogen-bond acceptors (Lipinski definition) is 3. The van der Waals surface area contributed by atoms with Gasteiger partial charge in [-0.2, -0.15) is 0 Å². The third-order valence-corrected chi connectivity index (χ3v) is 4.04. The maximum absolute atomic E-state index is 13.2. The molecule has 0 aromatic heterocycles. The van der Waals surface area contributed by atoms with Crippen LogP contribution < -0.4 is 15.4 Å². The molecule has 0 spiro atoms. The summed E-state index contributed by atoms with van der Waals surface area (Å²) in [5, 5.41) is 5.71. The Balaban J connectivity index is 1.97. The van der Waals surface area contributed by atoms with Gasteiger partial charge in [0.25, 0.3) is 0 Å². The topological polar surface area (TPSA) is 53.6 Å². The second-order valence-electron chi connectivity index (χ2n) is 7.07. The van der Waals surface area contributed by atoms with Crippen molar-refractivity contribution in [3.05, 3.63) is 59.9 Å². The first-order valence-electron chi connectivity index (χ1n) is 9.05. The lowest BCUT2D eigenvalue weighted by Crippen LogP contribution is -2.37. The highest BCUT2D eigenvalue weighted by atomic mass is 19.1. The van der Waals surface area contributed by atoms with Gasteiger partial charge in [-0.1, -0.05) is 38.1 Å². The highest BCUT2D eigenvalue weighted by Gasteiger charge is 2.16. The number of urea groups is 1. The molecule has 0 saturated carbocycles. The summed E-state index contributed by atoms with van der Waals surface area (Å²) in [7, 11) is 3.84. The fourth-order valence-electron chi connectivity index (χ4n) is 2.59. The van der Waals surface area contributed by atoms with Crippen molar-refractivity contribution in [3.63, 3.8) is 0 Å². The molecular weight excluding hydrogens is 345 g/mol. The number of carbonyl (C=O) groups excluding carboxylic acids is 1. The first kappa shape index (κ1) is 20.7. The van der Waals surface area contributed by atoms with E-state index >= 15 is 0 Å². The van der Waals surface area contributed by atoms with E-state index in [1.54, 1.807) is 18.2 Å². The molecule has 6 heteroatoms. The Kier molecular flexibility index (Phi) is 7.61. The van der Waals surface area contributed by atoms with Crippen molar-refractivity contribution < 1.29 is 13.9 Å². The van der Waals surface area contributed by atoms with Crippen LogP contribution >= 0.6 is 0 Å². The highest BCUT2D eigenvalue weighted by Crippen LogP contribution is 2.24. The van der Waals surface area contributed by atoms with Gasteiger partial charge in [0.05, 0.1) is 18.3 Å². The molecule has 27 heavy (non-hydrogen) atoms. The van der Waals surface area contributed by atoms with E-state index in [0.717, 1.165) is 5.56 Å². The van der Waals surface area contributed by atoms with Crippen LogP contribution in [0.1, 0.15) is 25.5 Å². The molecule has 1 unspecified atom stereocenters. The summed E-state index contributed by atoms with van der Waals surface area (Å²) in [6, 6.07) is 13.3. The molecule has 0 aliphatic carbocycles. The normalized spacial score (nSPS) is 12.1. The van der Waals surface area contributed by atoms with Crippen molar-refractivity contribution in [2.75, 3.05) is 32.6 Å². The highest BCUT2D eigenvalue weighted by molar-refractivity contribution is 5.90. The van der Waals surface area contributed by atoms with Crippen molar-refractivity contribution in [1.29, 1.82) is 0 Å². The van der Waals surface area contributed by atoms with E-state index in [-0.39, 0.29) is 17.9 Å². The maximum atomic E-state index is 13.2. The SMILES string of the molecule is CC(C)COc1ccccc1NC(=O)NCC(c1ccc(F)cc1)N(C)C. The van der Waals surface area contributed by atoms with Crippen molar-refractivity contribution >= 4 is 11.7 Å². The molecule has 2 amide bonds. The number of halogens is 1. The number of ether oxygens (including phenoxy) is 1. The van der Waals surface area contributed by atoms with E-state index in [2.05, 4.69) is 24.5 Å². The summed E-state index contributed by atoms with van der Waals surface area (Å²) in [6.45, 7) is 5.10. The molecule has 0 heterocycles. The zero-order valence-electron chi connectivity index (χ0n) is 16.3. The summed E-state index contributed by atoms with van der Waals surface area (Å²) in [4.78, 5) is 14.3. The van der Waals surface area contributed by atoms with Crippen LogP contribution in [0.15, 0.2) is 48.5 Å². The summed E-state index contributed by atoms with van der Waals surface area (Å²) in [5.74, 6) is 0.757. The van der Waals surface area contributed by atoms with Gasteiger partial charge in [-0.25, -0.2) is 9.18 Å². The lowest BCUT2D eigenvalue weighted by Gasteiger charge is -2.25. The van der Waals surface area contributed by atoms with Crippen LogP contribution in [-0.2, 0) is 0 Å². The van der Waals surface area contributed by atoms with Crippen LogP contribution in [0.4, 0.5) is 14.9 Å². The standard InChI is InChI=1S/C21H28FN3O2/c1-15(2)14-27-20-8-6-5-7-18(20)24-21(26)23-13-19(25(3)4)16-9-11-17(22)12-10-16/h5-12,15,19H,13-14H2,1-4H3,(H2,23,24,26). The molecular formula is C21H28FN3O2. The largest absolute Gasteiger partial charge is 0.491 e. The van der Waals surface area contributed by atoms with E-state index in [1.165, 1.54) is 12.1 Å². The van der Waals surface area contributed by atoms with Gasteiger partial charge in [-0.15, -0.1) is 0 Å². The smallest absolute Gasteiger partial charge is 0.319 e. The lowest BCUT2D eigenvalue weighted by atomic mass is 10.1. The minimum atomic E-state index is -0.315. The van der Waals surface area contributed by atoms with Crippen LogP contribution in [0, 0.1) is 11.7 Å². The zero-order chi connectivity index (χ0) is 19.8. The molecule has 0 aliphatic rings. The number of nitrogens with zero attached hydrogens (tertiary/aromatic N) is 1. The summed E-state index contributed by atoms with van der Waals surface area (Å²) >= 11 is 0. The quantitative estimate of drug-likeness (QED) is 0.726. The Hall–Kier alpha value is -2.60. The second-order valence-corrected chi connectivity index (χ2v) is 7.07.